The van der Waals surface area contributed by atoms with Crippen LogP contribution in [0.15, 0.2) is 36.9 Å². The summed E-state index contributed by atoms with van der Waals surface area (Å²) in [5.74, 6) is 2.18. The number of hydrogen-bond acceptors (Lipinski definition) is 7. The van der Waals surface area contributed by atoms with Crippen molar-refractivity contribution in [3.8, 4) is 5.82 Å². The Morgan fingerprint density at radius 3 is 2.44 bits per heavy atom. The second-order valence-electron chi connectivity index (χ2n) is 6.40. The molecule has 4 heterocycles. The maximum Gasteiger partial charge on any atom is 0.274 e. The van der Waals surface area contributed by atoms with E-state index in [0.717, 1.165) is 17.3 Å². The van der Waals surface area contributed by atoms with Gasteiger partial charge in [0.2, 0.25) is 0 Å². The molecular weight excluding hydrogens is 344 g/mol. The molecule has 1 fully saturated rings. The second-order valence-corrected chi connectivity index (χ2v) is 6.40. The Labute approximate surface area is 156 Å². The highest BCUT2D eigenvalue weighted by molar-refractivity contribution is 5.92. The van der Waals surface area contributed by atoms with Crippen LogP contribution in [0.25, 0.3) is 5.82 Å². The number of anilines is 1. The van der Waals surface area contributed by atoms with E-state index >= 15 is 0 Å². The van der Waals surface area contributed by atoms with E-state index < -0.39 is 0 Å². The molecule has 0 unspecified atom stereocenters. The molecule has 9 nitrogen and oxygen atoms in total. The number of carbonyl (C=O) groups is 1. The summed E-state index contributed by atoms with van der Waals surface area (Å²) in [4.78, 5) is 33.9. The van der Waals surface area contributed by atoms with Crippen molar-refractivity contribution < 1.29 is 4.79 Å². The van der Waals surface area contributed by atoms with Crippen LogP contribution in [0.2, 0.25) is 0 Å². The lowest BCUT2D eigenvalue weighted by molar-refractivity contribution is 0.0740. The van der Waals surface area contributed by atoms with E-state index in [-0.39, 0.29) is 5.91 Å². The van der Waals surface area contributed by atoms with Crippen molar-refractivity contribution in [2.24, 2.45) is 0 Å². The van der Waals surface area contributed by atoms with Crippen molar-refractivity contribution in [2.75, 3.05) is 31.1 Å². The van der Waals surface area contributed by atoms with E-state index in [1.54, 1.807) is 22.0 Å². The van der Waals surface area contributed by atoms with Crippen LogP contribution >= 0.6 is 0 Å². The molecule has 0 N–H and O–H groups in total. The zero-order chi connectivity index (χ0) is 18.8. The standard InChI is InChI=1S/C18H20N8O/c1-13-11-20-15(12-19-13)18(27)25-8-6-24(7-9-25)16-10-17(23-14(2)22-16)26-5-3-4-21-26/h3-5,10-12H,6-9H2,1-2H3. The smallest absolute Gasteiger partial charge is 0.274 e. The van der Waals surface area contributed by atoms with Crippen LogP contribution in [0.3, 0.4) is 0 Å². The van der Waals surface area contributed by atoms with E-state index in [4.69, 9.17) is 0 Å². The summed E-state index contributed by atoms with van der Waals surface area (Å²) >= 11 is 0. The lowest BCUT2D eigenvalue weighted by Gasteiger charge is -2.35. The summed E-state index contributed by atoms with van der Waals surface area (Å²) in [6.45, 7) is 6.32. The molecule has 0 radical (unpaired) electrons. The Bertz CT molecular complexity index is 931. The topological polar surface area (TPSA) is 92.9 Å². The van der Waals surface area contributed by atoms with Crippen LogP contribution in [0.4, 0.5) is 5.82 Å². The van der Waals surface area contributed by atoms with Gasteiger partial charge in [-0.1, -0.05) is 0 Å². The predicted molar refractivity (Wildman–Crippen MR) is 98.8 cm³/mol. The third-order valence-corrected chi connectivity index (χ3v) is 4.44. The summed E-state index contributed by atoms with van der Waals surface area (Å²) in [5.41, 5.74) is 1.18. The minimum Gasteiger partial charge on any atom is -0.353 e. The Morgan fingerprint density at radius 2 is 1.78 bits per heavy atom. The van der Waals surface area contributed by atoms with Gasteiger partial charge in [0.05, 0.1) is 11.9 Å². The molecule has 0 bridgehead atoms. The summed E-state index contributed by atoms with van der Waals surface area (Å²) in [6, 6.07) is 3.78. The van der Waals surface area contributed by atoms with Crippen LogP contribution in [-0.4, -0.2) is 66.7 Å². The van der Waals surface area contributed by atoms with Crippen LogP contribution in [0, 0.1) is 13.8 Å². The van der Waals surface area contributed by atoms with Crippen molar-refractivity contribution in [1.82, 2.24) is 34.6 Å². The van der Waals surface area contributed by atoms with Crippen molar-refractivity contribution in [2.45, 2.75) is 13.8 Å². The monoisotopic (exact) mass is 364 g/mol. The minimum absolute atomic E-state index is 0.0850. The molecule has 3 aromatic rings. The summed E-state index contributed by atoms with van der Waals surface area (Å²) in [6.07, 6.45) is 6.72. The first-order valence-corrected chi connectivity index (χ1v) is 8.79. The Hall–Kier alpha value is -3.36. The van der Waals surface area contributed by atoms with E-state index in [0.29, 0.717) is 37.7 Å². The molecule has 1 aliphatic rings. The van der Waals surface area contributed by atoms with Gasteiger partial charge in [-0.15, -0.1) is 0 Å². The first-order chi connectivity index (χ1) is 13.1. The lowest BCUT2D eigenvalue weighted by atomic mass is 10.2. The van der Waals surface area contributed by atoms with Crippen molar-refractivity contribution in [1.29, 1.82) is 0 Å². The Kier molecular flexibility index (Phi) is 4.49. The zero-order valence-corrected chi connectivity index (χ0v) is 15.3. The highest BCUT2D eigenvalue weighted by atomic mass is 16.2. The molecule has 1 amide bonds. The zero-order valence-electron chi connectivity index (χ0n) is 15.3. The number of nitrogens with zero attached hydrogens (tertiary/aromatic N) is 8. The Morgan fingerprint density at radius 1 is 1.00 bits per heavy atom. The lowest BCUT2D eigenvalue weighted by Crippen LogP contribution is -2.49. The van der Waals surface area contributed by atoms with Gasteiger partial charge in [-0.3, -0.25) is 9.78 Å². The van der Waals surface area contributed by atoms with Crippen LogP contribution < -0.4 is 4.90 Å². The van der Waals surface area contributed by atoms with Crippen LogP contribution in [-0.2, 0) is 0 Å². The number of hydrogen-bond donors (Lipinski definition) is 0. The quantitative estimate of drug-likeness (QED) is 0.685. The average Bonchev–Trinajstić information content (AvgIpc) is 3.23. The number of aromatic nitrogens is 6. The fraction of sp³-hybridized carbons (Fsp3) is 0.333. The number of aryl methyl sites for hydroxylation is 2. The molecule has 3 aromatic heterocycles. The second kappa shape index (κ2) is 7.10. The van der Waals surface area contributed by atoms with Gasteiger partial charge >= 0.3 is 0 Å². The summed E-state index contributed by atoms with van der Waals surface area (Å²) < 4.78 is 1.72. The van der Waals surface area contributed by atoms with Gasteiger partial charge in [0.25, 0.3) is 5.91 Å². The van der Waals surface area contributed by atoms with E-state index in [1.165, 1.54) is 6.20 Å². The highest BCUT2D eigenvalue weighted by Crippen LogP contribution is 2.17. The van der Waals surface area contributed by atoms with Gasteiger partial charge in [-0.2, -0.15) is 5.10 Å². The van der Waals surface area contributed by atoms with Crippen molar-refractivity contribution >= 4 is 11.7 Å². The fourth-order valence-corrected chi connectivity index (χ4v) is 3.02. The van der Waals surface area contributed by atoms with Crippen molar-refractivity contribution in [3.05, 3.63) is 54.1 Å². The molecule has 0 spiro atoms. The molecule has 0 saturated carbocycles. The molecular formula is C18H20N8O. The number of amides is 1. The summed E-state index contributed by atoms with van der Waals surface area (Å²) in [7, 11) is 0. The first kappa shape index (κ1) is 17.1. The normalized spacial score (nSPS) is 14.4. The predicted octanol–water partition coefficient (Wildman–Crippen LogP) is 1.03. The number of rotatable bonds is 3. The summed E-state index contributed by atoms with van der Waals surface area (Å²) in [5, 5.41) is 4.23. The van der Waals surface area contributed by atoms with E-state index in [9.17, 15) is 4.79 Å². The van der Waals surface area contributed by atoms with E-state index in [1.807, 2.05) is 32.2 Å². The molecule has 27 heavy (non-hydrogen) atoms. The van der Waals surface area contributed by atoms with Gasteiger partial charge < -0.3 is 9.80 Å². The molecule has 0 atom stereocenters. The average molecular weight is 364 g/mol. The first-order valence-electron chi connectivity index (χ1n) is 8.79. The number of piperazine rings is 1. The van der Waals surface area contributed by atoms with E-state index in [2.05, 4.69) is 29.9 Å². The molecule has 0 aromatic carbocycles. The third-order valence-electron chi connectivity index (χ3n) is 4.44. The van der Waals surface area contributed by atoms with Gasteiger partial charge in [0.15, 0.2) is 5.82 Å². The van der Waals surface area contributed by atoms with Gasteiger partial charge in [0, 0.05) is 50.8 Å². The fourth-order valence-electron chi connectivity index (χ4n) is 3.02. The SMILES string of the molecule is Cc1cnc(C(=O)N2CCN(c3cc(-n4cccn4)nc(C)n3)CC2)cn1. The van der Waals surface area contributed by atoms with Crippen molar-refractivity contribution in [3.63, 3.8) is 0 Å². The molecule has 0 aliphatic carbocycles. The molecule has 9 heteroatoms. The highest BCUT2D eigenvalue weighted by Gasteiger charge is 2.24. The third kappa shape index (κ3) is 3.62. The number of carbonyl (C=O) groups excluding carboxylic acids is 1. The van der Waals surface area contributed by atoms with Crippen LogP contribution in [0.5, 0.6) is 0 Å². The molecule has 4 rings (SSSR count). The van der Waals surface area contributed by atoms with Gasteiger partial charge in [0.1, 0.15) is 17.3 Å². The van der Waals surface area contributed by atoms with Gasteiger partial charge in [-0.05, 0) is 19.9 Å². The van der Waals surface area contributed by atoms with Crippen LogP contribution in [0.1, 0.15) is 22.0 Å². The molecule has 1 saturated heterocycles. The molecule has 1 aliphatic heterocycles. The molecule has 138 valence electrons. The van der Waals surface area contributed by atoms with Gasteiger partial charge in [-0.25, -0.2) is 19.6 Å². The largest absolute Gasteiger partial charge is 0.353 e. The Balaban J connectivity index is 1.46. The minimum atomic E-state index is -0.0850. The maximum absolute atomic E-state index is 12.6. The maximum atomic E-state index is 12.6.